The standard InChI is InChI=1S/C56H65N5O11/c1-32(2)27-45(60-56(69)46(28-36-15-20-39(63)21-16-36)59-53(66)33(3)13-14-35-11-9-8-10-12-35)54(67)61-47(29-37-17-22-40(64)23-18-37)55(68)58-44-26-24-41-42(31-48(44)65)43(57-34(4)62)25-19-38-30-49(70-5)51(71-6)52(72-7)50(38)41/h8-12,15-18,20-24,26,30-33,43,45-47,63-64H,13-14,19,25,27-29H2,1-7H3,(H,57,62)(H,59,66)(H,60,69)(H,61,67)(H,58,65,68)/t33-,43-,45-,46-,47-/m0/s1. The van der Waals surface area contributed by atoms with Crippen LogP contribution < -0.4 is 46.2 Å². The fourth-order valence-corrected chi connectivity index (χ4v) is 8.91. The summed E-state index contributed by atoms with van der Waals surface area (Å²) in [6, 6.07) is 24.2. The summed E-state index contributed by atoms with van der Waals surface area (Å²) in [6.07, 6.45) is 2.18. The molecule has 0 unspecified atom stereocenters. The molecule has 0 saturated heterocycles. The second kappa shape index (κ2) is 24.8. The van der Waals surface area contributed by atoms with Crippen molar-refractivity contribution in [2.75, 3.05) is 26.6 Å². The Hall–Kier alpha value is -7.88. The number of carbonyl (C=O) groups excluding carboxylic acids is 5. The molecule has 0 aliphatic heterocycles. The predicted molar refractivity (Wildman–Crippen MR) is 274 cm³/mol. The maximum Gasteiger partial charge on any atom is 0.247 e. The molecule has 0 bridgehead atoms. The van der Waals surface area contributed by atoms with Gasteiger partial charge >= 0.3 is 0 Å². The van der Waals surface area contributed by atoms with E-state index >= 15 is 0 Å². The molecule has 72 heavy (non-hydrogen) atoms. The zero-order valence-corrected chi connectivity index (χ0v) is 41.8. The quantitative estimate of drug-likeness (QED) is 0.0422. The molecule has 0 radical (unpaired) electrons. The smallest absolute Gasteiger partial charge is 0.247 e. The van der Waals surface area contributed by atoms with Gasteiger partial charge in [-0.25, -0.2) is 0 Å². The van der Waals surface area contributed by atoms with Crippen LogP contribution >= 0.6 is 0 Å². The number of fused-ring (bicyclic) bond motifs is 3. The zero-order chi connectivity index (χ0) is 52.1. The molecule has 1 aliphatic carbocycles. The topological polar surface area (TPSA) is 231 Å². The van der Waals surface area contributed by atoms with E-state index in [9.17, 15) is 39.0 Å². The van der Waals surface area contributed by atoms with Crippen molar-refractivity contribution in [2.45, 2.75) is 96.8 Å². The van der Waals surface area contributed by atoms with Crippen LogP contribution in [0.15, 0.2) is 108 Å². The lowest BCUT2D eigenvalue weighted by atomic mass is 9.95. The number of hydrogen-bond donors (Lipinski definition) is 7. The summed E-state index contributed by atoms with van der Waals surface area (Å²) in [7, 11) is 4.49. The number of hydrogen-bond acceptors (Lipinski definition) is 11. The third kappa shape index (κ3) is 13.9. The van der Waals surface area contributed by atoms with Gasteiger partial charge in [0.15, 0.2) is 11.5 Å². The van der Waals surface area contributed by atoms with E-state index in [-0.39, 0.29) is 54.2 Å². The lowest BCUT2D eigenvalue weighted by Crippen LogP contribution is -2.57. The predicted octanol–water partition coefficient (Wildman–Crippen LogP) is 6.47. The Morgan fingerprint density at radius 1 is 0.653 bits per heavy atom. The van der Waals surface area contributed by atoms with E-state index in [0.717, 1.165) is 11.1 Å². The molecule has 0 saturated carbocycles. The number of ether oxygens (including phenoxy) is 3. The summed E-state index contributed by atoms with van der Waals surface area (Å²) in [6.45, 7) is 6.93. The van der Waals surface area contributed by atoms with Crippen molar-refractivity contribution in [2.24, 2.45) is 11.8 Å². The number of aromatic hydroxyl groups is 2. The molecular formula is C56H65N5O11. The first-order chi connectivity index (χ1) is 34.5. The van der Waals surface area contributed by atoms with Crippen LogP contribution in [0.1, 0.15) is 80.8 Å². The molecule has 0 spiro atoms. The Balaban J connectivity index is 1.31. The molecule has 0 fully saturated rings. The minimum absolute atomic E-state index is 0.0116. The van der Waals surface area contributed by atoms with Gasteiger partial charge in [-0.05, 0) is 114 Å². The van der Waals surface area contributed by atoms with Gasteiger partial charge in [0, 0.05) is 31.2 Å². The van der Waals surface area contributed by atoms with Crippen LogP contribution in [0.5, 0.6) is 28.7 Å². The molecular weight excluding hydrogens is 919 g/mol. The molecule has 16 nitrogen and oxygen atoms in total. The van der Waals surface area contributed by atoms with E-state index in [2.05, 4.69) is 26.6 Å². The van der Waals surface area contributed by atoms with E-state index in [4.69, 9.17) is 14.2 Å². The highest BCUT2D eigenvalue weighted by molar-refractivity contribution is 5.99. The number of nitrogens with one attached hydrogen (secondary N) is 5. The van der Waals surface area contributed by atoms with Crippen molar-refractivity contribution in [3.8, 4) is 39.9 Å². The summed E-state index contributed by atoms with van der Waals surface area (Å²) in [5.74, 6) is -2.20. The largest absolute Gasteiger partial charge is 0.508 e. The first-order valence-electron chi connectivity index (χ1n) is 24.1. The van der Waals surface area contributed by atoms with Crippen LogP contribution in [0.4, 0.5) is 5.69 Å². The molecule has 5 aromatic carbocycles. The third-order valence-electron chi connectivity index (χ3n) is 12.7. The van der Waals surface area contributed by atoms with Crippen molar-refractivity contribution in [3.63, 3.8) is 0 Å². The molecule has 0 aromatic heterocycles. The number of aryl methyl sites for hydroxylation is 2. The molecule has 6 rings (SSSR count). The number of benzene rings is 4. The number of phenolic OH excluding ortho intramolecular Hbond substituents is 2. The number of carbonyl (C=O) groups is 5. The maximum absolute atomic E-state index is 14.6. The van der Waals surface area contributed by atoms with Gasteiger partial charge in [0.2, 0.25) is 40.7 Å². The van der Waals surface area contributed by atoms with Crippen molar-refractivity contribution in [3.05, 3.63) is 141 Å². The highest BCUT2D eigenvalue weighted by Crippen LogP contribution is 2.50. The van der Waals surface area contributed by atoms with Crippen molar-refractivity contribution < 1.29 is 48.4 Å². The van der Waals surface area contributed by atoms with Crippen LogP contribution in [-0.2, 0) is 49.7 Å². The highest BCUT2D eigenvalue weighted by Gasteiger charge is 2.33. The average molecular weight is 984 g/mol. The molecule has 0 heterocycles. The van der Waals surface area contributed by atoms with Crippen LogP contribution in [-0.4, -0.2) is 79.2 Å². The number of amides is 5. The molecule has 5 atom stereocenters. The fourth-order valence-electron chi connectivity index (χ4n) is 8.91. The van der Waals surface area contributed by atoms with Crippen LogP contribution in [0.2, 0.25) is 0 Å². The lowest BCUT2D eigenvalue weighted by Gasteiger charge is -2.27. The number of phenols is 2. The van der Waals surface area contributed by atoms with Crippen LogP contribution in [0, 0.1) is 11.8 Å². The molecule has 5 aromatic rings. The Bertz CT molecular complexity index is 2780. The third-order valence-corrected chi connectivity index (χ3v) is 12.7. The normalized spacial score (nSPS) is 14.4. The summed E-state index contributed by atoms with van der Waals surface area (Å²) < 4.78 is 17.3. The molecule has 7 N–H and O–H groups in total. The zero-order valence-electron chi connectivity index (χ0n) is 41.8. The molecule has 16 heteroatoms. The van der Waals surface area contributed by atoms with E-state index in [1.807, 2.05) is 50.2 Å². The highest BCUT2D eigenvalue weighted by atomic mass is 16.5. The van der Waals surface area contributed by atoms with Gasteiger partial charge in [0.05, 0.1) is 33.1 Å². The summed E-state index contributed by atoms with van der Waals surface area (Å²) >= 11 is 0. The van der Waals surface area contributed by atoms with Crippen molar-refractivity contribution >= 4 is 35.2 Å². The second-order valence-corrected chi connectivity index (χ2v) is 18.6. The first-order valence-corrected chi connectivity index (χ1v) is 24.1. The van der Waals surface area contributed by atoms with Gasteiger partial charge in [0.1, 0.15) is 29.6 Å². The van der Waals surface area contributed by atoms with Gasteiger partial charge in [0.25, 0.3) is 0 Å². The lowest BCUT2D eigenvalue weighted by molar-refractivity contribution is -0.134. The molecule has 380 valence electrons. The Morgan fingerprint density at radius 2 is 1.22 bits per heavy atom. The Labute approximate surface area is 419 Å². The van der Waals surface area contributed by atoms with E-state index in [0.29, 0.717) is 70.7 Å². The SMILES string of the molecule is COc1cc2c(c(OC)c1OC)-c1ccc(NC(=O)[C@H](Cc3ccc(O)cc3)NC(=O)[C@H](CC(C)C)NC(=O)[C@H](Cc3ccc(O)cc3)NC(=O)[C@@H](C)CCc3ccccc3)c(=O)cc1[C@@H](NC(C)=O)CC2. The monoisotopic (exact) mass is 983 g/mol. The Morgan fingerprint density at radius 3 is 1.79 bits per heavy atom. The van der Waals surface area contributed by atoms with Gasteiger partial charge in [-0.3, -0.25) is 28.8 Å². The molecule has 5 amide bonds. The van der Waals surface area contributed by atoms with Crippen molar-refractivity contribution in [1.29, 1.82) is 0 Å². The number of methoxy groups -OCH3 is 3. The van der Waals surface area contributed by atoms with Crippen LogP contribution in [0.3, 0.4) is 0 Å². The maximum atomic E-state index is 14.6. The van der Waals surface area contributed by atoms with Gasteiger partial charge < -0.3 is 51.0 Å². The van der Waals surface area contributed by atoms with Crippen molar-refractivity contribution in [1.82, 2.24) is 21.3 Å². The van der Waals surface area contributed by atoms with Gasteiger partial charge in [-0.1, -0.05) is 81.4 Å². The summed E-state index contributed by atoms with van der Waals surface area (Å²) in [5.41, 5.74) is 4.02. The number of rotatable bonds is 21. The van der Waals surface area contributed by atoms with Gasteiger partial charge in [-0.2, -0.15) is 0 Å². The van der Waals surface area contributed by atoms with E-state index in [1.165, 1.54) is 64.7 Å². The average Bonchev–Trinajstić information content (AvgIpc) is 3.60. The minimum atomic E-state index is -1.32. The second-order valence-electron chi connectivity index (χ2n) is 18.6. The fraction of sp³-hybridized carbons (Fsp3) is 0.357. The number of anilines is 1. The van der Waals surface area contributed by atoms with Crippen LogP contribution in [0.25, 0.3) is 11.1 Å². The molecule has 1 aliphatic rings. The van der Waals surface area contributed by atoms with E-state index in [1.54, 1.807) is 37.3 Å². The van der Waals surface area contributed by atoms with E-state index < -0.39 is 53.2 Å². The first kappa shape index (κ1) is 53.5. The minimum Gasteiger partial charge on any atom is -0.508 e. The summed E-state index contributed by atoms with van der Waals surface area (Å²) in [5, 5.41) is 34.3. The Kier molecular flexibility index (Phi) is 18.4. The summed E-state index contributed by atoms with van der Waals surface area (Å²) in [4.78, 5) is 84.0. The van der Waals surface area contributed by atoms with Gasteiger partial charge in [-0.15, -0.1) is 0 Å².